The normalized spacial score (nSPS) is 19.4. The van der Waals surface area contributed by atoms with Crippen molar-refractivity contribution in [3.05, 3.63) is 12.7 Å². The van der Waals surface area contributed by atoms with E-state index >= 15 is 0 Å². The molecule has 1 unspecified atom stereocenters. The number of hydrogen-bond acceptors (Lipinski definition) is 2. The van der Waals surface area contributed by atoms with Gasteiger partial charge in [-0.15, -0.1) is 6.58 Å². The predicted octanol–water partition coefficient (Wildman–Crippen LogP) is 1.26. The van der Waals surface area contributed by atoms with E-state index in [1.165, 1.54) is 12.8 Å². The second-order valence-corrected chi connectivity index (χ2v) is 3.24. The van der Waals surface area contributed by atoms with Gasteiger partial charge < -0.3 is 5.73 Å². The Bertz CT molecular complexity index is 161. The average molecular weight is 153 g/mol. The van der Waals surface area contributed by atoms with E-state index in [9.17, 15) is 4.79 Å². The Balaban J connectivity index is 2.20. The van der Waals surface area contributed by atoms with Crippen molar-refractivity contribution in [3.8, 4) is 0 Å². The first-order chi connectivity index (χ1) is 5.24. The molecule has 62 valence electrons. The topological polar surface area (TPSA) is 43.1 Å². The van der Waals surface area contributed by atoms with E-state index in [2.05, 4.69) is 6.58 Å². The molecule has 0 radical (unpaired) electrons. The highest BCUT2D eigenvalue weighted by atomic mass is 16.1. The van der Waals surface area contributed by atoms with Crippen LogP contribution in [0.25, 0.3) is 0 Å². The molecule has 0 amide bonds. The molecule has 2 nitrogen and oxygen atoms in total. The maximum Gasteiger partial charge on any atom is 0.150 e. The molecular formula is C9H15NO. The van der Waals surface area contributed by atoms with Crippen LogP contribution in [0.2, 0.25) is 0 Å². The third-order valence-corrected chi connectivity index (χ3v) is 2.02. The predicted molar refractivity (Wildman–Crippen MR) is 45.1 cm³/mol. The van der Waals surface area contributed by atoms with Crippen LogP contribution in [-0.4, -0.2) is 11.8 Å². The number of nitrogens with two attached hydrogens (primary N) is 1. The summed E-state index contributed by atoms with van der Waals surface area (Å²) < 4.78 is 0. The highest BCUT2D eigenvalue weighted by Gasteiger charge is 2.26. The molecule has 1 fully saturated rings. The van der Waals surface area contributed by atoms with E-state index in [4.69, 9.17) is 5.73 Å². The second-order valence-electron chi connectivity index (χ2n) is 3.24. The molecule has 1 rings (SSSR count). The minimum Gasteiger partial charge on any atom is -0.321 e. The molecular weight excluding hydrogens is 138 g/mol. The molecule has 1 atom stereocenters. The summed E-state index contributed by atoms with van der Waals surface area (Å²) in [6.07, 6.45) is 5.44. The Labute approximate surface area is 67.5 Å². The van der Waals surface area contributed by atoms with Gasteiger partial charge in [0, 0.05) is 6.42 Å². The number of carbonyl (C=O) groups excluding carboxylic acids is 1. The van der Waals surface area contributed by atoms with E-state index in [1.807, 2.05) is 0 Å². The summed E-state index contributed by atoms with van der Waals surface area (Å²) >= 11 is 0. The van der Waals surface area contributed by atoms with Crippen LogP contribution in [0.5, 0.6) is 0 Å². The van der Waals surface area contributed by atoms with E-state index < -0.39 is 0 Å². The van der Waals surface area contributed by atoms with Crippen molar-refractivity contribution in [1.29, 1.82) is 0 Å². The molecule has 1 aliphatic carbocycles. The molecule has 0 aliphatic heterocycles. The molecule has 0 aromatic carbocycles. The summed E-state index contributed by atoms with van der Waals surface area (Å²) in [6, 6.07) is -0.298. The highest BCUT2D eigenvalue weighted by molar-refractivity contribution is 5.84. The highest BCUT2D eigenvalue weighted by Crippen LogP contribution is 2.32. The van der Waals surface area contributed by atoms with Crippen molar-refractivity contribution in [1.82, 2.24) is 0 Å². The van der Waals surface area contributed by atoms with Crippen LogP contribution < -0.4 is 5.73 Å². The van der Waals surface area contributed by atoms with Gasteiger partial charge in [-0.1, -0.05) is 6.08 Å². The smallest absolute Gasteiger partial charge is 0.150 e. The first-order valence-electron chi connectivity index (χ1n) is 4.13. The van der Waals surface area contributed by atoms with Crippen LogP contribution in [0.1, 0.15) is 25.7 Å². The first-order valence-corrected chi connectivity index (χ1v) is 4.13. The zero-order valence-corrected chi connectivity index (χ0v) is 6.75. The molecule has 1 saturated carbocycles. The summed E-state index contributed by atoms with van der Waals surface area (Å²) in [4.78, 5) is 11.2. The molecule has 2 heteroatoms. The summed E-state index contributed by atoms with van der Waals surface area (Å²) in [5.74, 6) is 0.853. The molecule has 2 N–H and O–H groups in total. The number of hydrogen-bond donors (Lipinski definition) is 1. The SMILES string of the molecule is C=CCC(N)C(=O)CC1CC1. The van der Waals surface area contributed by atoms with E-state index in [1.54, 1.807) is 6.08 Å². The fourth-order valence-electron chi connectivity index (χ4n) is 1.07. The Kier molecular flexibility index (Phi) is 2.83. The summed E-state index contributed by atoms with van der Waals surface area (Å²) in [7, 11) is 0. The Morgan fingerprint density at radius 1 is 1.73 bits per heavy atom. The quantitative estimate of drug-likeness (QED) is 0.604. The van der Waals surface area contributed by atoms with Gasteiger partial charge in [0.15, 0.2) is 0 Å². The molecule has 1 aliphatic rings. The average Bonchev–Trinajstić information content (AvgIpc) is 2.72. The number of rotatable bonds is 5. The van der Waals surface area contributed by atoms with Gasteiger partial charge in [0.25, 0.3) is 0 Å². The minimum atomic E-state index is -0.298. The van der Waals surface area contributed by atoms with Gasteiger partial charge in [-0.3, -0.25) is 4.79 Å². The maximum atomic E-state index is 11.2. The van der Waals surface area contributed by atoms with Gasteiger partial charge in [0.1, 0.15) is 5.78 Å². The number of ketones is 1. The zero-order valence-electron chi connectivity index (χ0n) is 6.75. The zero-order chi connectivity index (χ0) is 8.27. The van der Waals surface area contributed by atoms with E-state index in [-0.39, 0.29) is 11.8 Å². The van der Waals surface area contributed by atoms with Crippen molar-refractivity contribution in [2.75, 3.05) is 0 Å². The fourth-order valence-corrected chi connectivity index (χ4v) is 1.07. The number of carbonyl (C=O) groups is 1. The van der Waals surface area contributed by atoms with Crippen molar-refractivity contribution in [3.63, 3.8) is 0 Å². The molecule has 0 heterocycles. The van der Waals surface area contributed by atoms with Crippen LogP contribution in [0.4, 0.5) is 0 Å². The Hall–Kier alpha value is -0.630. The van der Waals surface area contributed by atoms with Crippen LogP contribution >= 0.6 is 0 Å². The Morgan fingerprint density at radius 3 is 2.82 bits per heavy atom. The van der Waals surface area contributed by atoms with Crippen molar-refractivity contribution >= 4 is 5.78 Å². The van der Waals surface area contributed by atoms with Gasteiger partial charge in [0.2, 0.25) is 0 Å². The van der Waals surface area contributed by atoms with Crippen LogP contribution in [0, 0.1) is 5.92 Å². The minimum absolute atomic E-state index is 0.201. The van der Waals surface area contributed by atoms with Gasteiger partial charge in [0.05, 0.1) is 6.04 Å². The monoisotopic (exact) mass is 153 g/mol. The number of Topliss-reactive ketones (excluding diaryl/α,β-unsaturated/α-hetero) is 1. The first kappa shape index (κ1) is 8.47. The third-order valence-electron chi connectivity index (χ3n) is 2.02. The van der Waals surface area contributed by atoms with Crippen molar-refractivity contribution in [2.24, 2.45) is 11.7 Å². The largest absolute Gasteiger partial charge is 0.321 e. The van der Waals surface area contributed by atoms with Crippen molar-refractivity contribution in [2.45, 2.75) is 31.7 Å². The summed E-state index contributed by atoms with van der Waals surface area (Å²) in [5.41, 5.74) is 5.58. The summed E-state index contributed by atoms with van der Waals surface area (Å²) in [6.45, 7) is 3.55. The maximum absolute atomic E-state index is 11.2. The van der Waals surface area contributed by atoms with Gasteiger partial charge in [-0.25, -0.2) is 0 Å². The summed E-state index contributed by atoms with van der Waals surface area (Å²) in [5, 5.41) is 0. The van der Waals surface area contributed by atoms with E-state index in [0.717, 1.165) is 0 Å². The van der Waals surface area contributed by atoms with Crippen LogP contribution in [0.15, 0.2) is 12.7 Å². The fraction of sp³-hybridized carbons (Fsp3) is 0.667. The lowest BCUT2D eigenvalue weighted by Crippen LogP contribution is -2.29. The molecule has 0 spiro atoms. The molecule has 0 aromatic heterocycles. The lowest BCUT2D eigenvalue weighted by atomic mass is 10.1. The lowest BCUT2D eigenvalue weighted by Gasteiger charge is -2.05. The molecule has 0 aromatic rings. The van der Waals surface area contributed by atoms with Gasteiger partial charge >= 0.3 is 0 Å². The lowest BCUT2D eigenvalue weighted by molar-refractivity contribution is -0.120. The van der Waals surface area contributed by atoms with Crippen LogP contribution in [-0.2, 0) is 4.79 Å². The molecule has 0 bridgehead atoms. The van der Waals surface area contributed by atoms with E-state index in [0.29, 0.717) is 18.8 Å². The van der Waals surface area contributed by atoms with Gasteiger partial charge in [-0.2, -0.15) is 0 Å². The Morgan fingerprint density at radius 2 is 2.36 bits per heavy atom. The standard InChI is InChI=1S/C9H15NO/c1-2-3-8(10)9(11)6-7-4-5-7/h2,7-8H,1,3-6,10H2. The van der Waals surface area contributed by atoms with Crippen LogP contribution in [0.3, 0.4) is 0 Å². The van der Waals surface area contributed by atoms with Gasteiger partial charge in [-0.05, 0) is 25.2 Å². The third kappa shape index (κ3) is 2.85. The molecule has 11 heavy (non-hydrogen) atoms. The molecule has 0 saturated heterocycles. The van der Waals surface area contributed by atoms with Crippen molar-refractivity contribution < 1.29 is 4.79 Å². The second kappa shape index (κ2) is 3.67.